The molecule has 3 heterocycles. The number of carbonyl (C=O) groups is 4. The monoisotopic (exact) mass is 698 g/mol. The molecule has 8 nitrogen and oxygen atoms in total. The molecule has 9 rings (SSSR count). The Kier molecular flexibility index (Phi) is 7.43. The van der Waals surface area contributed by atoms with E-state index >= 15 is 0 Å². The van der Waals surface area contributed by atoms with Crippen LogP contribution in [0.2, 0.25) is 0 Å². The van der Waals surface area contributed by atoms with Gasteiger partial charge in [-0.15, -0.1) is 0 Å². The van der Waals surface area contributed by atoms with Crippen molar-refractivity contribution < 1.29 is 28.0 Å². The zero-order valence-corrected chi connectivity index (χ0v) is 31.1. The van der Waals surface area contributed by atoms with Crippen molar-refractivity contribution in [3.63, 3.8) is 0 Å². The van der Waals surface area contributed by atoms with Gasteiger partial charge in [0.1, 0.15) is 23.0 Å². The molecule has 0 spiro atoms. The van der Waals surface area contributed by atoms with Gasteiger partial charge in [-0.2, -0.15) is 0 Å². The summed E-state index contributed by atoms with van der Waals surface area (Å²) in [6, 6.07) is 8.24. The molecule has 0 atom stereocenters. The minimum Gasteiger partial charge on any atom is -0.459 e. The smallest absolute Gasteiger partial charge is 0.237 e. The van der Waals surface area contributed by atoms with Gasteiger partial charge in [0.2, 0.25) is 23.1 Å². The number of hydrogen-bond donors (Lipinski definition) is 0. The molecule has 1 aliphatic heterocycles. The van der Waals surface area contributed by atoms with Crippen molar-refractivity contribution in [3.8, 4) is 22.6 Å². The Morgan fingerprint density at radius 3 is 1.31 bits per heavy atom. The molecule has 4 aromatic rings. The van der Waals surface area contributed by atoms with Crippen LogP contribution in [-0.4, -0.2) is 59.1 Å². The molecule has 1 fully saturated rings. The van der Waals surface area contributed by atoms with Crippen LogP contribution in [0.3, 0.4) is 0 Å². The third kappa shape index (κ3) is 4.79. The van der Waals surface area contributed by atoms with Crippen LogP contribution in [-0.2, 0) is 36.8 Å². The fourth-order valence-corrected chi connectivity index (χ4v) is 9.98. The maximum atomic E-state index is 13.6. The van der Waals surface area contributed by atoms with E-state index in [2.05, 4.69) is 49.6 Å². The molecule has 0 saturated carbocycles. The number of fused-ring (bicyclic) bond motifs is 10. The molecule has 0 N–H and O–H groups in total. The summed E-state index contributed by atoms with van der Waals surface area (Å²) >= 11 is 0. The molecule has 4 aliphatic carbocycles. The highest BCUT2D eigenvalue weighted by Crippen LogP contribution is 2.47. The lowest BCUT2D eigenvalue weighted by molar-refractivity contribution is 0.0813. The minimum atomic E-state index is -0.459. The van der Waals surface area contributed by atoms with Gasteiger partial charge in [-0.05, 0) is 85.5 Å². The van der Waals surface area contributed by atoms with Crippen molar-refractivity contribution in [1.29, 1.82) is 0 Å². The van der Waals surface area contributed by atoms with Gasteiger partial charge < -0.3 is 8.83 Å². The number of benzene rings is 2. The van der Waals surface area contributed by atoms with Gasteiger partial charge in [0.15, 0.2) is 0 Å². The molecule has 52 heavy (non-hydrogen) atoms. The summed E-state index contributed by atoms with van der Waals surface area (Å²) in [5, 5.41) is 0. The van der Waals surface area contributed by atoms with Crippen LogP contribution in [0.5, 0.6) is 0 Å². The van der Waals surface area contributed by atoms with E-state index < -0.39 is 23.1 Å². The van der Waals surface area contributed by atoms with Crippen molar-refractivity contribution in [1.82, 2.24) is 9.80 Å². The van der Waals surface area contributed by atoms with Gasteiger partial charge in [0.05, 0.1) is 24.2 Å². The fraction of sp³-hybridized carbons (Fsp3) is 0.455. The van der Waals surface area contributed by atoms with Crippen LogP contribution < -0.4 is 0 Å². The summed E-state index contributed by atoms with van der Waals surface area (Å²) in [5.41, 5.74) is 9.21. The average Bonchev–Trinajstić information content (AvgIpc) is 3.61. The van der Waals surface area contributed by atoms with Gasteiger partial charge in [-0.3, -0.25) is 29.0 Å². The first kappa shape index (κ1) is 33.4. The van der Waals surface area contributed by atoms with Gasteiger partial charge in [0.25, 0.3) is 0 Å². The van der Waals surface area contributed by atoms with Crippen LogP contribution in [0, 0.1) is 13.8 Å². The first-order valence-electron chi connectivity index (χ1n) is 19.0. The third-order valence-electron chi connectivity index (χ3n) is 13.0. The normalized spacial score (nSPS) is 20.6. The van der Waals surface area contributed by atoms with Crippen molar-refractivity contribution in [3.05, 3.63) is 91.4 Å². The SMILES string of the molecule is Cc1c(CN2CCN(Cc3oc4c(c3C)C(=O)C(=O)c3c-4ccc4c3CCCC4(C)C)CC2)oc2c1C(=O)C(=O)c1c-2ccc2c1CCCC2(C)C. The van der Waals surface area contributed by atoms with Gasteiger partial charge in [-0.25, -0.2) is 0 Å². The third-order valence-corrected chi connectivity index (χ3v) is 13.0. The molecule has 268 valence electrons. The molecule has 0 unspecified atom stereocenters. The Labute approximate surface area is 304 Å². The lowest BCUT2D eigenvalue weighted by Crippen LogP contribution is -2.45. The first-order chi connectivity index (χ1) is 24.8. The number of furan rings is 2. The highest BCUT2D eigenvalue weighted by Gasteiger charge is 2.43. The van der Waals surface area contributed by atoms with E-state index in [1.54, 1.807) is 0 Å². The zero-order valence-electron chi connectivity index (χ0n) is 31.1. The quantitative estimate of drug-likeness (QED) is 0.197. The van der Waals surface area contributed by atoms with Gasteiger partial charge in [-0.1, -0.05) is 52.0 Å². The predicted molar refractivity (Wildman–Crippen MR) is 198 cm³/mol. The number of carbonyl (C=O) groups excluding carboxylic acids is 4. The molecule has 8 heteroatoms. The zero-order chi connectivity index (χ0) is 36.4. The van der Waals surface area contributed by atoms with Crippen LogP contribution in [0.25, 0.3) is 22.6 Å². The number of nitrogens with zero attached hydrogens (tertiary/aromatic N) is 2. The molecular formula is C44H46N2O6. The molecule has 0 amide bonds. The predicted octanol–water partition coefficient (Wildman–Crippen LogP) is 8.13. The van der Waals surface area contributed by atoms with E-state index in [0.717, 1.165) is 110 Å². The molecule has 0 radical (unpaired) electrons. The van der Waals surface area contributed by atoms with Crippen molar-refractivity contribution in [2.24, 2.45) is 0 Å². The number of hydrogen-bond acceptors (Lipinski definition) is 8. The summed E-state index contributed by atoms with van der Waals surface area (Å²) in [5.74, 6) is 0.794. The van der Waals surface area contributed by atoms with E-state index in [0.29, 0.717) is 46.9 Å². The second-order valence-corrected chi connectivity index (χ2v) is 17.1. The second-order valence-electron chi connectivity index (χ2n) is 17.1. The van der Waals surface area contributed by atoms with Crippen LogP contribution >= 0.6 is 0 Å². The highest BCUT2D eigenvalue weighted by molar-refractivity contribution is 6.54. The Morgan fingerprint density at radius 2 is 0.923 bits per heavy atom. The molecular weight excluding hydrogens is 652 g/mol. The molecule has 2 aromatic carbocycles. The fourth-order valence-electron chi connectivity index (χ4n) is 9.98. The van der Waals surface area contributed by atoms with Crippen LogP contribution in [0.1, 0.15) is 140 Å². The van der Waals surface area contributed by atoms with Crippen LogP contribution in [0.4, 0.5) is 0 Å². The van der Waals surface area contributed by atoms with Gasteiger partial charge in [0, 0.05) is 59.6 Å². The molecule has 2 aromatic heterocycles. The minimum absolute atomic E-state index is 0.0350. The summed E-state index contributed by atoms with van der Waals surface area (Å²) in [6.45, 7) is 16.8. The average molecular weight is 699 g/mol. The molecule has 0 bridgehead atoms. The summed E-state index contributed by atoms with van der Waals surface area (Å²) < 4.78 is 13.0. The molecule has 1 saturated heterocycles. The Morgan fingerprint density at radius 1 is 0.558 bits per heavy atom. The van der Waals surface area contributed by atoms with Crippen molar-refractivity contribution in [2.45, 2.75) is 104 Å². The summed E-state index contributed by atoms with van der Waals surface area (Å²) in [6.07, 6.45) is 5.70. The largest absolute Gasteiger partial charge is 0.459 e. The van der Waals surface area contributed by atoms with E-state index in [-0.39, 0.29) is 10.8 Å². The van der Waals surface area contributed by atoms with E-state index in [9.17, 15) is 19.2 Å². The Hall–Kier alpha value is -4.40. The second kappa shape index (κ2) is 11.5. The highest BCUT2D eigenvalue weighted by atomic mass is 16.3. The number of piperazine rings is 1. The molecule has 5 aliphatic rings. The number of ketones is 4. The summed E-state index contributed by atoms with van der Waals surface area (Å²) in [7, 11) is 0. The maximum Gasteiger partial charge on any atom is 0.237 e. The van der Waals surface area contributed by atoms with Crippen LogP contribution in [0.15, 0.2) is 33.1 Å². The summed E-state index contributed by atoms with van der Waals surface area (Å²) in [4.78, 5) is 59.0. The van der Waals surface area contributed by atoms with Crippen molar-refractivity contribution in [2.75, 3.05) is 26.2 Å². The Balaban J connectivity index is 0.933. The van der Waals surface area contributed by atoms with E-state index in [1.807, 2.05) is 26.0 Å². The topological polar surface area (TPSA) is 101 Å². The maximum absolute atomic E-state index is 13.6. The Bertz CT molecular complexity index is 2110. The lowest BCUT2D eigenvalue weighted by atomic mass is 9.69. The van der Waals surface area contributed by atoms with E-state index in [1.165, 1.54) is 11.1 Å². The standard InChI is InChI=1S/C44H46N2O6/c1-23-31(51-41-27-11-13-29-25(9-7-15-43(29,3)4)35(27)39(49)37(47)33(23)41)21-45-17-19-46(20-18-45)22-32-24(2)34-38(48)40(50)36-26-10-8-16-44(5,6)30(26)14-12-28(36)42(34)52-32/h11-14H,7-10,15-22H2,1-6H3. The van der Waals surface area contributed by atoms with E-state index in [4.69, 9.17) is 8.83 Å². The van der Waals surface area contributed by atoms with Gasteiger partial charge >= 0.3 is 0 Å². The van der Waals surface area contributed by atoms with Crippen molar-refractivity contribution >= 4 is 23.1 Å². The first-order valence-corrected chi connectivity index (χ1v) is 19.0. The number of rotatable bonds is 4. The lowest BCUT2D eigenvalue weighted by Gasteiger charge is -2.34. The number of Topliss-reactive ketones (excluding diaryl/α,β-unsaturated/α-hetero) is 4.